The minimum absolute atomic E-state index is 0.0869. The minimum atomic E-state index is -1.06. The summed E-state index contributed by atoms with van der Waals surface area (Å²) in [5, 5.41) is 8.85. The molecule has 1 aromatic carbocycles. The molecule has 0 spiro atoms. The molecule has 0 saturated carbocycles. The molecule has 0 radical (unpaired) electrons. The Labute approximate surface area is 104 Å². The molecule has 1 aromatic rings. The second kappa shape index (κ2) is 6.48. The van der Waals surface area contributed by atoms with Gasteiger partial charge in [-0.05, 0) is 25.1 Å². The second-order valence-corrected chi connectivity index (χ2v) is 3.26. The highest BCUT2D eigenvalue weighted by molar-refractivity contribution is 5.88. The van der Waals surface area contributed by atoms with Crippen molar-refractivity contribution in [2.75, 3.05) is 20.3 Å². The van der Waals surface area contributed by atoms with Crippen LogP contribution in [0.4, 0.5) is 0 Å². The van der Waals surface area contributed by atoms with Gasteiger partial charge in [-0.15, -0.1) is 0 Å². The molecule has 0 fully saturated rings. The van der Waals surface area contributed by atoms with Gasteiger partial charge in [-0.2, -0.15) is 0 Å². The standard InChI is InChI=1S/C12H14O6/c1-3-17-10-6-8(12(14)15)4-5-9(10)18-7-11(13)16-2/h4-6H,3,7H2,1-2H3,(H,14,15). The molecule has 0 heterocycles. The lowest BCUT2D eigenvalue weighted by atomic mass is 10.2. The van der Waals surface area contributed by atoms with Gasteiger partial charge in [0.25, 0.3) is 0 Å². The predicted octanol–water partition coefficient (Wildman–Crippen LogP) is 1.34. The lowest BCUT2D eigenvalue weighted by molar-refractivity contribution is -0.142. The van der Waals surface area contributed by atoms with Crippen molar-refractivity contribution >= 4 is 11.9 Å². The quantitative estimate of drug-likeness (QED) is 0.771. The molecule has 0 amide bonds. The van der Waals surface area contributed by atoms with Crippen LogP contribution in [0.15, 0.2) is 18.2 Å². The Kier molecular flexibility index (Phi) is 4.98. The van der Waals surface area contributed by atoms with Crippen LogP contribution in [-0.2, 0) is 9.53 Å². The van der Waals surface area contributed by atoms with Crippen LogP contribution in [0.2, 0.25) is 0 Å². The Bertz CT molecular complexity index is 440. The number of benzene rings is 1. The largest absolute Gasteiger partial charge is 0.490 e. The number of esters is 1. The number of carbonyl (C=O) groups excluding carboxylic acids is 1. The van der Waals surface area contributed by atoms with Crippen LogP contribution in [0.3, 0.4) is 0 Å². The Morgan fingerprint density at radius 3 is 2.50 bits per heavy atom. The molecule has 1 N–H and O–H groups in total. The molecule has 0 bridgehead atoms. The van der Waals surface area contributed by atoms with Gasteiger partial charge in [0, 0.05) is 0 Å². The minimum Gasteiger partial charge on any atom is -0.490 e. The van der Waals surface area contributed by atoms with Crippen molar-refractivity contribution in [3.63, 3.8) is 0 Å². The highest BCUT2D eigenvalue weighted by atomic mass is 16.6. The van der Waals surface area contributed by atoms with Crippen molar-refractivity contribution in [2.45, 2.75) is 6.92 Å². The summed E-state index contributed by atoms with van der Waals surface area (Å²) in [6.07, 6.45) is 0. The van der Waals surface area contributed by atoms with Gasteiger partial charge < -0.3 is 19.3 Å². The molecule has 0 aliphatic carbocycles. The average Bonchev–Trinajstić information content (AvgIpc) is 2.36. The summed E-state index contributed by atoms with van der Waals surface area (Å²) in [4.78, 5) is 21.8. The molecule has 18 heavy (non-hydrogen) atoms. The summed E-state index contributed by atoms with van der Waals surface area (Å²) < 4.78 is 14.9. The number of hydrogen-bond donors (Lipinski definition) is 1. The number of hydrogen-bond acceptors (Lipinski definition) is 5. The van der Waals surface area contributed by atoms with E-state index in [-0.39, 0.29) is 17.9 Å². The number of ether oxygens (including phenoxy) is 3. The Balaban J connectivity index is 2.89. The van der Waals surface area contributed by atoms with Gasteiger partial charge in [0.2, 0.25) is 0 Å². The van der Waals surface area contributed by atoms with Crippen LogP contribution in [0.5, 0.6) is 11.5 Å². The van der Waals surface area contributed by atoms with Crippen molar-refractivity contribution in [1.82, 2.24) is 0 Å². The first-order valence-corrected chi connectivity index (χ1v) is 5.28. The fraction of sp³-hybridized carbons (Fsp3) is 0.333. The van der Waals surface area contributed by atoms with Crippen LogP contribution < -0.4 is 9.47 Å². The molecule has 98 valence electrons. The zero-order valence-electron chi connectivity index (χ0n) is 10.1. The fourth-order valence-electron chi connectivity index (χ4n) is 1.22. The van der Waals surface area contributed by atoms with Gasteiger partial charge in [0.15, 0.2) is 18.1 Å². The molecule has 0 unspecified atom stereocenters. The first-order valence-electron chi connectivity index (χ1n) is 5.28. The average molecular weight is 254 g/mol. The molecule has 6 heteroatoms. The van der Waals surface area contributed by atoms with Crippen LogP contribution in [-0.4, -0.2) is 37.4 Å². The summed E-state index contributed by atoms with van der Waals surface area (Å²) >= 11 is 0. The van der Waals surface area contributed by atoms with Crippen molar-refractivity contribution in [2.24, 2.45) is 0 Å². The van der Waals surface area contributed by atoms with E-state index in [0.29, 0.717) is 12.4 Å². The maximum absolute atomic E-state index is 10.9. The lowest BCUT2D eigenvalue weighted by Gasteiger charge is -2.11. The zero-order valence-corrected chi connectivity index (χ0v) is 10.1. The van der Waals surface area contributed by atoms with Crippen molar-refractivity contribution < 1.29 is 28.9 Å². The molecule has 0 aliphatic rings. The zero-order chi connectivity index (χ0) is 13.5. The number of carboxylic acid groups (broad SMARTS) is 1. The summed E-state index contributed by atoms with van der Waals surface area (Å²) in [6.45, 7) is 1.86. The topological polar surface area (TPSA) is 82.1 Å². The summed E-state index contributed by atoms with van der Waals surface area (Å²) in [7, 11) is 1.25. The van der Waals surface area contributed by atoms with Gasteiger partial charge in [0.1, 0.15) is 0 Å². The Morgan fingerprint density at radius 2 is 1.94 bits per heavy atom. The second-order valence-electron chi connectivity index (χ2n) is 3.26. The van der Waals surface area contributed by atoms with E-state index in [1.54, 1.807) is 6.92 Å². The fourth-order valence-corrected chi connectivity index (χ4v) is 1.22. The smallest absolute Gasteiger partial charge is 0.343 e. The van der Waals surface area contributed by atoms with E-state index >= 15 is 0 Å². The molecule has 0 saturated heterocycles. The van der Waals surface area contributed by atoms with Crippen molar-refractivity contribution in [3.8, 4) is 11.5 Å². The first kappa shape index (κ1) is 13.8. The van der Waals surface area contributed by atoms with E-state index in [1.807, 2.05) is 0 Å². The first-order chi connectivity index (χ1) is 8.58. The van der Waals surface area contributed by atoms with Gasteiger partial charge in [-0.3, -0.25) is 0 Å². The lowest BCUT2D eigenvalue weighted by Crippen LogP contribution is -2.13. The monoisotopic (exact) mass is 254 g/mol. The molecule has 1 rings (SSSR count). The molecular formula is C12H14O6. The maximum atomic E-state index is 10.9. The Hall–Kier alpha value is -2.24. The van der Waals surface area contributed by atoms with E-state index in [4.69, 9.17) is 14.6 Å². The predicted molar refractivity (Wildman–Crippen MR) is 62.1 cm³/mol. The summed E-state index contributed by atoms with van der Waals surface area (Å²) in [5.74, 6) is -1.01. The molecule has 0 atom stereocenters. The number of aromatic carboxylic acids is 1. The molecular weight excluding hydrogens is 240 g/mol. The highest BCUT2D eigenvalue weighted by Gasteiger charge is 2.12. The van der Waals surface area contributed by atoms with Gasteiger partial charge in [-0.25, -0.2) is 9.59 Å². The molecule has 6 nitrogen and oxygen atoms in total. The normalized spacial score (nSPS) is 9.67. The highest BCUT2D eigenvalue weighted by Crippen LogP contribution is 2.28. The maximum Gasteiger partial charge on any atom is 0.343 e. The van der Waals surface area contributed by atoms with E-state index in [1.165, 1.54) is 25.3 Å². The third-order valence-corrected chi connectivity index (χ3v) is 2.06. The van der Waals surface area contributed by atoms with Crippen LogP contribution in [0.1, 0.15) is 17.3 Å². The van der Waals surface area contributed by atoms with Gasteiger partial charge in [-0.1, -0.05) is 0 Å². The van der Waals surface area contributed by atoms with Crippen molar-refractivity contribution in [1.29, 1.82) is 0 Å². The number of carbonyl (C=O) groups is 2. The van der Waals surface area contributed by atoms with Crippen LogP contribution in [0.25, 0.3) is 0 Å². The van der Waals surface area contributed by atoms with Gasteiger partial charge in [0.05, 0.1) is 19.3 Å². The summed E-state index contributed by atoms with van der Waals surface area (Å²) in [6, 6.07) is 4.16. The SMILES string of the molecule is CCOc1cc(C(=O)O)ccc1OCC(=O)OC. The number of rotatable bonds is 6. The van der Waals surface area contributed by atoms with E-state index < -0.39 is 11.9 Å². The molecule has 0 aromatic heterocycles. The van der Waals surface area contributed by atoms with E-state index in [0.717, 1.165) is 0 Å². The van der Waals surface area contributed by atoms with Crippen molar-refractivity contribution in [3.05, 3.63) is 23.8 Å². The number of carboxylic acids is 1. The van der Waals surface area contributed by atoms with Crippen LogP contribution >= 0.6 is 0 Å². The van der Waals surface area contributed by atoms with Gasteiger partial charge >= 0.3 is 11.9 Å². The Morgan fingerprint density at radius 1 is 1.22 bits per heavy atom. The number of methoxy groups -OCH3 is 1. The molecule has 0 aliphatic heterocycles. The van der Waals surface area contributed by atoms with Crippen LogP contribution in [0, 0.1) is 0 Å². The van der Waals surface area contributed by atoms with E-state index in [9.17, 15) is 9.59 Å². The van der Waals surface area contributed by atoms with E-state index in [2.05, 4.69) is 4.74 Å². The third kappa shape index (κ3) is 3.65. The summed E-state index contributed by atoms with van der Waals surface area (Å²) in [5.41, 5.74) is 0.0869. The third-order valence-electron chi connectivity index (χ3n) is 2.06.